The molecule has 0 aromatic carbocycles. The molecule has 0 bridgehead atoms. The molecule has 0 aromatic rings. The van der Waals surface area contributed by atoms with Gasteiger partial charge in [-0.25, -0.2) is 0 Å². The Labute approximate surface area is 107 Å². The van der Waals surface area contributed by atoms with E-state index in [0.717, 1.165) is 25.7 Å². The Morgan fingerprint density at radius 3 is 2.29 bits per heavy atom. The fourth-order valence-corrected chi connectivity index (χ4v) is 2.81. The molecule has 0 amide bonds. The fourth-order valence-electron chi connectivity index (χ4n) is 2.81. The average molecular weight is 236 g/mol. The molecule has 0 saturated heterocycles. The molecule has 98 valence electrons. The van der Waals surface area contributed by atoms with Crippen LogP contribution >= 0.6 is 0 Å². The van der Waals surface area contributed by atoms with Gasteiger partial charge < -0.3 is 0 Å². The molecular formula is C16H28O. The van der Waals surface area contributed by atoms with Crippen LogP contribution in [0, 0.1) is 5.92 Å². The number of allylic oxidation sites excluding steroid dienone is 2. The van der Waals surface area contributed by atoms with Gasteiger partial charge in [-0.05, 0) is 37.7 Å². The summed E-state index contributed by atoms with van der Waals surface area (Å²) in [5.41, 5.74) is 2.71. The van der Waals surface area contributed by atoms with Gasteiger partial charge in [-0.1, -0.05) is 52.0 Å². The predicted octanol–water partition coefficient (Wildman–Crippen LogP) is 5.05. The molecule has 1 aliphatic rings. The van der Waals surface area contributed by atoms with Crippen molar-refractivity contribution in [2.24, 2.45) is 5.92 Å². The maximum Gasteiger partial charge on any atom is 0.162 e. The minimum Gasteiger partial charge on any atom is -0.294 e. The van der Waals surface area contributed by atoms with Crippen LogP contribution < -0.4 is 0 Å². The largest absolute Gasteiger partial charge is 0.294 e. The molecule has 0 heterocycles. The summed E-state index contributed by atoms with van der Waals surface area (Å²) < 4.78 is 0. The minimum atomic E-state index is 0.336. The van der Waals surface area contributed by atoms with E-state index in [4.69, 9.17) is 0 Å². The Kier molecular flexibility index (Phi) is 6.54. The first-order chi connectivity index (χ1) is 8.24. The van der Waals surface area contributed by atoms with Crippen molar-refractivity contribution in [1.29, 1.82) is 0 Å². The molecule has 1 aliphatic carbocycles. The van der Waals surface area contributed by atoms with Crippen LogP contribution in [-0.4, -0.2) is 5.78 Å². The van der Waals surface area contributed by atoms with E-state index in [9.17, 15) is 4.79 Å². The number of hydrogen-bond acceptors (Lipinski definition) is 1. The van der Waals surface area contributed by atoms with E-state index < -0.39 is 0 Å². The third-order valence-electron chi connectivity index (χ3n) is 3.83. The SMILES string of the molecule is CCCCC1=C(CCC)C(=O)C(CCCC)C1. The summed E-state index contributed by atoms with van der Waals surface area (Å²) in [7, 11) is 0. The molecule has 17 heavy (non-hydrogen) atoms. The zero-order chi connectivity index (χ0) is 12.7. The molecule has 0 spiro atoms. The highest BCUT2D eigenvalue weighted by atomic mass is 16.1. The number of carbonyl (C=O) groups excluding carboxylic acids is 1. The van der Waals surface area contributed by atoms with Gasteiger partial charge in [-0.15, -0.1) is 0 Å². The normalized spacial score (nSPS) is 20.4. The smallest absolute Gasteiger partial charge is 0.162 e. The van der Waals surface area contributed by atoms with Crippen LogP contribution in [0.2, 0.25) is 0 Å². The monoisotopic (exact) mass is 236 g/mol. The van der Waals surface area contributed by atoms with Crippen LogP contribution in [0.1, 0.15) is 78.6 Å². The fraction of sp³-hybridized carbons (Fsp3) is 0.812. The van der Waals surface area contributed by atoms with Crippen LogP contribution in [0.5, 0.6) is 0 Å². The Morgan fingerprint density at radius 2 is 1.71 bits per heavy atom. The first kappa shape index (κ1) is 14.5. The summed E-state index contributed by atoms with van der Waals surface area (Å²) in [4.78, 5) is 12.3. The van der Waals surface area contributed by atoms with Gasteiger partial charge in [-0.2, -0.15) is 0 Å². The third kappa shape index (κ3) is 3.97. The molecule has 1 nitrogen and oxygen atoms in total. The van der Waals surface area contributed by atoms with E-state index >= 15 is 0 Å². The van der Waals surface area contributed by atoms with Crippen molar-refractivity contribution in [2.75, 3.05) is 0 Å². The van der Waals surface area contributed by atoms with Gasteiger partial charge in [0, 0.05) is 5.92 Å². The lowest BCUT2D eigenvalue weighted by molar-refractivity contribution is -0.118. The first-order valence-corrected chi connectivity index (χ1v) is 7.49. The van der Waals surface area contributed by atoms with Gasteiger partial charge in [0.05, 0.1) is 0 Å². The van der Waals surface area contributed by atoms with Crippen LogP contribution in [-0.2, 0) is 4.79 Å². The number of Topliss-reactive ketones (excluding diaryl/α,β-unsaturated/α-hetero) is 1. The Balaban J connectivity index is 2.63. The molecule has 0 aliphatic heterocycles. The van der Waals surface area contributed by atoms with Crippen molar-refractivity contribution >= 4 is 5.78 Å². The Bertz CT molecular complexity index is 275. The van der Waals surface area contributed by atoms with Crippen molar-refractivity contribution in [3.8, 4) is 0 Å². The van der Waals surface area contributed by atoms with Crippen LogP contribution in [0.3, 0.4) is 0 Å². The molecule has 0 radical (unpaired) electrons. The quantitative estimate of drug-likeness (QED) is 0.576. The second-order valence-electron chi connectivity index (χ2n) is 5.34. The molecule has 1 atom stereocenters. The van der Waals surface area contributed by atoms with Crippen LogP contribution in [0.25, 0.3) is 0 Å². The summed E-state index contributed by atoms with van der Waals surface area (Å²) >= 11 is 0. The third-order valence-corrected chi connectivity index (χ3v) is 3.83. The van der Waals surface area contributed by atoms with E-state index in [1.165, 1.54) is 43.3 Å². The summed E-state index contributed by atoms with van der Waals surface area (Å²) in [6.07, 6.45) is 10.4. The molecule has 0 saturated carbocycles. The topological polar surface area (TPSA) is 17.1 Å². The highest BCUT2D eigenvalue weighted by Gasteiger charge is 2.30. The number of rotatable bonds is 8. The maximum absolute atomic E-state index is 12.3. The zero-order valence-electron chi connectivity index (χ0n) is 11.8. The first-order valence-electron chi connectivity index (χ1n) is 7.49. The summed E-state index contributed by atoms with van der Waals surface area (Å²) in [6, 6.07) is 0. The van der Waals surface area contributed by atoms with E-state index in [0.29, 0.717) is 11.7 Å². The van der Waals surface area contributed by atoms with E-state index in [1.807, 2.05) is 0 Å². The van der Waals surface area contributed by atoms with Crippen molar-refractivity contribution in [3.05, 3.63) is 11.1 Å². The molecule has 1 heteroatoms. The van der Waals surface area contributed by atoms with Crippen molar-refractivity contribution in [3.63, 3.8) is 0 Å². The van der Waals surface area contributed by atoms with Gasteiger partial charge in [0.25, 0.3) is 0 Å². The lowest BCUT2D eigenvalue weighted by Crippen LogP contribution is -2.10. The predicted molar refractivity (Wildman–Crippen MR) is 74.1 cm³/mol. The molecule has 0 fully saturated rings. The van der Waals surface area contributed by atoms with Gasteiger partial charge in [0.15, 0.2) is 5.78 Å². The highest BCUT2D eigenvalue weighted by Crippen LogP contribution is 2.36. The Morgan fingerprint density at radius 1 is 1.00 bits per heavy atom. The molecular weight excluding hydrogens is 208 g/mol. The molecule has 0 N–H and O–H groups in total. The summed E-state index contributed by atoms with van der Waals surface area (Å²) in [5.74, 6) is 0.828. The van der Waals surface area contributed by atoms with Crippen molar-refractivity contribution in [2.45, 2.75) is 78.6 Å². The van der Waals surface area contributed by atoms with Crippen LogP contribution in [0.4, 0.5) is 0 Å². The summed E-state index contributed by atoms with van der Waals surface area (Å²) in [6.45, 7) is 6.61. The second-order valence-corrected chi connectivity index (χ2v) is 5.34. The number of hydrogen-bond donors (Lipinski definition) is 0. The van der Waals surface area contributed by atoms with Crippen LogP contribution in [0.15, 0.2) is 11.1 Å². The molecule has 1 rings (SSSR count). The maximum atomic E-state index is 12.3. The summed E-state index contributed by atoms with van der Waals surface area (Å²) in [5, 5.41) is 0. The molecule has 1 unspecified atom stereocenters. The van der Waals surface area contributed by atoms with E-state index in [-0.39, 0.29) is 0 Å². The number of ketones is 1. The average Bonchev–Trinajstić information content (AvgIpc) is 2.62. The lowest BCUT2D eigenvalue weighted by atomic mass is 9.96. The Hall–Kier alpha value is -0.590. The molecule has 0 aromatic heterocycles. The minimum absolute atomic E-state index is 0.336. The van der Waals surface area contributed by atoms with Gasteiger partial charge in [0.2, 0.25) is 0 Å². The van der Waals surface area contributed by atoms with Gasteiger partial charge in [0.1, 0.15) is 0 Å². The second kappa shape index (κ2) is 7.68. The highest BCUT2D eigenvalue weighted by molar-refractivity contribution is 6.00. The van der Waals surface area contributed by atoms with Gasteiger partial charge in [-0.3, -0.25) is 4.79 Å². The number of carbonyl (C=O) groups is 1. The number of unbranched alkanes of at least 4 members (excludes halogenated alkanes) is 2. The van der Waals surface area contributed by atoms with Crippen molar-refractivity contribution in [1.82, 2.24) is 0 Å². The van der Waals surface area contributed by atoms with E-state index in [2.05, 4.69) is 20.8 Å². The van der Waals surface area contributed by atoms with Crippen molar-refractivity contribution < 1.29 is 4.79 Å². The zero-order valence-corrected chi connectivity index (χ0v) is 11.8. The lowest BCUT2D eigenvalue weighted by Gasteiger charge is -2.07. The van der Waals surface area contributed by atoms with E-state index in [1.54, 1.807) is 0 Å². The standard InChI is InChI=1S/C16H28O/c1-4-7-10-13-12-14(11-8-5-2)16(17)15(13)9-6-3/h14H,4-12H2,1-3H3. The van der Waals surface area contributed by atoms with Gasteiger partial charge >= 0.3 is 0 Å².